The summed E-state index contributed by atoms with van der Waals surface area (Å²) in [4.78, 5) is 23.0. The maximum absolute atomic E-state index is 12.5. The van der Waals surface area contributed by atoms with Crippen LogP contribution < -0.4 is 20.2 Å². The first kappa shape index (κ1) is 40.1. The number of carbonyl (C=O) groups excluding carboxylic acids is 1. The number of hydrogen-bond acceptors (Lipinski definition) is 13. The molecule has 13 heteroatoms. The molecule has 6 unspecified atom stereocenters. The standard InChI is InChI=1S/C20H27NO4S2.C20H29NO3S2/c1-3-26-18-11-15-12(10-17(18)23-27-25-24-21)4-5-14-13(15)8-9-20(2)16(14)6-7-19(20)22;1-12-4-7-17-15-6-5-13-10-18(22-26-24-23-21)19(25-3)11-16(13)14(15)8-9-20(12,17)2/h10-11,13-14,16H,3-9,21H2,1-2H3;10-12,14-15,17H,4-9,21H2,1-3H3/t13?,14?,16?,20-;12-,14?,15?,17?,20+/m00/s1. The fourth-order valence-corrected chi connectivity index (χ4v) is 13.8. The van der Waals surface area contributed by atoms with Crippen molar-refractivity contribution in [3.05, 3.63) is 46.5 Å². The Morgan fingerprint density at radius 2 is 1.32 bits per heavy atom. The van der Waals surface area contributed by atoms with Crippen LogP contribution >= 0.6 is 48.2 Å². The van der Waals surface area contributed by atoms with Gasteiger partial charge in [0.25, 0.3) is 24.6 Å². The number of Topliss-reactive ketones (excluding diaryl/α,β-unsaturated/α-hetero) is 1. The maximum Gasteiger partial charge on any atom is 0.260 e. The van der Waals surface area contributed by atoms with E-state index in [1.165, 1.54) is 55.2 Å². The lowest BCUT2D eigenvalue weighted by Crippen LogP contribution is -2.42. The Labute approximate surface area is 332 Å². The van der Waals surface area contributed by atoms with E-state index in [-0.39, 0.29) is 5.41 Å². The van der Waals surface area contributed by atoms with E-state index < -0.39 is 0 Å². The fraction of sp³-hybridized carbons (Fsp3) is 0.675. The third kappa shape index (κ3) is 7.67. The smallest absolute Gasteiger partial charge is 0.260 e. The molecule has 0 radical (unpaired) electrons. The molecule has 0 amide bonds. The van der Waals surface area contributed by atoms with Gasteiger partial charge in [0.15, 0.2) is 11.5 Å². The van der Waals surface area contributed by atoms with Gasteiger partial charge in [0.2, 0.25) is 0 Å². The van der Waals surface area contributed by atoms with Crippen molar-refractivity contribution >= 4 is 54.0 Å². The van der Waals surface area contributed by atoms with E-state index >= 15 is 0 Å². The lowest BCUT2D eigenvalue weighted by Gasteiger charge is -2.50. The Morgan fingerprint density at radius 3 is 1.92 bits per heavy atom. The van der Waals surface area contributed by atoms with Crippen LogP contribution in [-0.4, -0.2) is 17.8 Å². The number of hydrogen-bond donors (Lipinski definition) is 2. The van der Waals surface area contributed by atoms with Crippen LogP contribution in [0.5, 0.6) is 11.5 Å². The minimum Gasteiger partial charge on any atom is -0.397 e. The molecule has 9 nitrogen and oxygen atoms in total. The summed E-state index contributed by atoms with van der Waals surface area (Å²) in [5.74, 6) is 18.0. The van der Waals surface area contributed by atoms with Gasteiger partial charge < -0.3 is 8.37 Å². The van der Waals surface area contributed by atoms with Gasteiger partial charge in [-0.15, -0.1) is 42.2 Å². The minimum absolute atomic E-state index is 0.0705. The van der Waals surface area contributed by atoms with Crippen LogP contribution in [0, 0.1) is 40.4 Å². The molecular weight excluding hydrogens is 749 g/mol. The van der Waals surface area contributed by atoms with Gasteiger partial charge >= 0.3 is 0 Å². The molecule has 0 saturated heterocycles. The Hall–Kier alpha value is -1.13. The molecular formula is C40H56N2O7S4. The quantitative estimate of drug-likeness (QED) is 0.0737. The molecule has 53 heavy (non-hydrogen) atoms. The lowest BCUT2D eigenvalue weighted by molar-refractivity contribution is -0.199. The molecule has 0 bridgehead atoms. The van der Waals surface area contributed by atoms with Crippen molar-refractivity contribution in [2.24, 2.45) is 52.2 Å². The highest BCUT2D eigenvalue weighted by atomic mass is 32.2. The molecule has 0 aliphatic heterocycles. The number of rotatable bonds is 11. The molecule has 0 aromatic heterocycles. The molecule has 9 atom stereocenters. The zero-order valence-electron chi connectivity index (χ0n) is 31.7. The van der Waals surface area contributed by atoms with Gasteiger partial charge in [-0.2, -0.15) is 11.8 Å². The predicted octanol–water partition coefficient (Wildman–Crippen LogP) is 10.7. The zero-order valence-corrected chi connectivity index (χ0v) is 35.0. The number of carbonyl (C=O) groups is 1. The second-order valence-corrected chi connectivity index (χ2v) is 19.6. The lowest BCUT2D eigenvalue weighted by atomic mass is 9.54. The van der Waals surface area contributed by atoms with E-state index in [1.807, 2.05) is 0 Å². The van der Waals surface area contributed by atoms with E-state index in [0.29, 0.717) is 29.0 Å². The van der Waals surface area contributed by atoms with Gasteiger partial charge in [-0.05, 0) is 176 Å². The van der Waals surface area contributed by atoms with E-state index in [4.69, 9.17) is 20.2 Å². The van der Waals surface area contributed by atoms with Crippen LogP contribution in [0.4, 0.5) is 0 Å². The minimum atomic E-state index is -0.0705. The van der Waals surface area contributed by atoms with Crippen LogP contribution in [0.1, 0.15) is 126 Å². The summed E-state index contributed by atoms with van der Waals surface area (Å²) in [5.41, 5.74) is 6.36. The van der Waals surface area contributed by atoms with Crippen molar-refractivity contribution in [1.82, 2.24) is 0 Å². The highest BCUT2D eigenvalue weighted by Gasteiger charge is 2.55. The second-order valence-electron chi connectivity index (χ2n) is 16.5. The summed E-state index contributed by atoms with van der Waals surface area (Å²) in [5, 5.41) is 0. The summed E-state index contributed by atoms with van der Waals surface area (Å²) in [7, 11) is 0. The Balaban J connectivity index is 0.000000164. The van der Waals surface area contributed by atoms with E-state index in [0.717, 1.165) is 114 Å². The molecule has 2 aromatic rings. The van der Waals surface area contributed by atoms with Crippen molar-refractivity contribution < 1.29 is 31.8 Å². The van der Waals surface area contributed by atoms with Gasteiger partial charge in [-0.25, -0.2) is 0 Å². The SMILES string of the molecule is CCSc1cc2c(cc1OSOON)CCC1C2CC[C@]2(C)C(=O)CCC12.CSc1cc2c(cc1OSOON)CCC1C2CC[C@@]2(C)C1CC[C@@H]2C. The number of aryl methyl sites for hydroxylation is 2. The second kappa shape index (κ2) is 17.2. The van der Waals surface area contributed by atoms with Crippen LogP contribution in [-0.2, 0) is 36.3 Å². The van der Waals surface area contributed by atoms with Gasteiger partial charge in [-0.1, -0.05) is 27.7 Å². The molecule has 4 N–H and O–H groups in total. The number of nitrogens with two attached hydrogens (primary N) is 2. The first-order valence-corrected chi connectivity index (χ1v) is 23.0. The zero-order chi connectivity index (χ0) is 37.3. The van der Waals surface area contributed by atoms with Crippen molar-refractivity contribution in [2.75, 3.05) is 12.0 Å². The summed E-state index contributed by atoms with van der Waals surface area (Å²) >= 11 is 4.98. The van der Waals surface area contributed by atoms with Crippen molar-refractivity contribution in [2.45, 2.75) is 126 Å². The third-order valence-electron chi connectivity index (χ3n) is 14.7. The van der Waals surface area contributed by atoms with E-state index in [9.17, 15) is 4.79 Å². The van der Waals surface area contributed by atoms with Crippen molar-refractivity contribution in [3.8, 4) is 11.5 Å². The molecule has 4 saturated carbocycles. The third-order valence-corrected chi connectivity index (χ3v) is 17.1. The summed E-state index contributed by atoms with van der Waals surface area (Å²) in [6.45, 7) is 9.42. The molecule has 4 fully saturated rings. The highest BCUT2D eigenvalue weighted by Crippen LogP contribution is 2.63. The molecule has 6 aliphatic carbocycles. The van der Waals surface area contributed by atoms with Crippen molar-refractivity contribution in [3.63, 3.8) is 0 Å². The number of fused-ring (bicyclic) bond motifs is 10. The fourth-order valence-electron chi connectivity index (χ4n) is 11.9. The van der Waals surface area contributed by atoms with E-state index in [1.54, 1.807) is 29.1 Å². The van der Waals surface area contributed by atoms with Crippen molar-refractivity contribution in [1.29, 1.82) is 0 Å². The molecule has 0 spiro atoms. The topological polar surface area (TPSA) is 124 Å². The van der Waals surface area contributed by atoms with Gasteiger partial charge in [-0.3, -0.25) is 4.79 Å². The first-order valence-electron chi connectivity index (χ1n) is 19.4. The number of ketones is 1. The molecule has 0 heterocycles. The normalized spacial score (nSPS) is 33.7. The van der Waals surface area contributed by atoms with Crippen LogP contribution in [0.25, 0.3) is 0 Å². The maximum atomic E-state index is 12.5. The Bertz CT molecular complexity index is 1630. The largest absolute Gasteiger partial charge is 0.397 e. The first-order chi connectivity index (χ1) is 25.7. The van der Waals surface area contributed by atoms with Crippen LogP contribution in [0.2, 0.25) is 0 Å². The molecule has 6 aliphatic rings. The van der Waals surface area contributed by atoms with Gasteiger partial charge in [0.05, 0.1) is 9.79 Å². The van der Waals surface area contributed by atoms with Crippen LogP contribution in [0.3, 0.4) is 0 Å². The number of benzene rings is 2. The summed E-state index contributed by atoms with van der Waals surface area (Å²) in [6, 6.07) is 9.05. The summed E-state index contributed by atoms with van der Waals surface area (Å²) < 4.78 is 20.5. The Morgan fingerprint density at radius 1 is 0.736 bits per heavy atom. The average Bonchev–Trinajstić information content (AvgIpc) is 3.65. The van der Waals surface area contributed by atoms with Crippen LogP contribution in [0.15, 0.2) is 34.1 Å². The number of thioether (sulfide) groups is 2. The average molecular weight is 805 g/mol. The Kier molecular flexibility index (Phi) is 13.0. The summed E-state index contributed by atoms with van der Waals surface area (Å²) in [6.07, 6.45) is 16.3. The predicted molar refractivity (Wildman–Crippen MR) is 214 cm³/mol. The van der Waals surface area contributed by atoms with Gasteiger partial charge in [0.1, 0.15) is 5.78 Å². The molecule has 8 rings (SSSR count). The molecule has 2 aromatic carbocycles. The van der Waals surface area contributed by atoms with E-state index in [2.05, 4.69) is 76.9 Å². The highest BCUT2D eigenvalue weighted by molar-refractivity contribution is 7.99. The van der Waals surface area contributed by atoms with Gasteiger partial charge in [0, 0.05) is 11.8 Å². The monoisotopic (exact) mass is 804 g/mol. The molecule has 292 valence electrons.